The molecule has 0 saturated carbocycles. The van der Waals surface area contributed by atoms with Gasteiger partial charge in [-0.2, -0.15) is 0 Å². The van der Waals surface area contributed by atoms with Crippen LogP contribution >= 0.6 is 0 Å². The number of ketones is 1. The number of esters is 1. The largest absolute Gasteiger partial charge is 0.467 e. The van der Waals surface area contributed by atoms with Crippen LogP contribution in [-0.2, 0) is 19.1 Å². The van der Waals surface area contributed by atoms with Gasteiger partial charge in [-0.3, -0.25) is 19.7 Å². The molecule has 0 radical (unpaired) electrons. The number of hydrogen-bond donors (Lipinski definition) is 4. The maximum Gasteiger partial charge on any atom is 0.328 e. The van der Waals surface area contributed by atoms with Gasteiger partial charge in [0.25, 0.3) is 5.91 Å². The molecule has 3 rings (SSSR count). The van der Waals surface area contributed by atoms with E-state index in [2.05, 4.69) is 21.3 Å². The average Bonchev–Trinajstić information content (AvgIpc) is 3.29. The lowest BCUT2D eigenvalue weighted by Crippen LogP contribution is -2.52. The minimum Gasteiger partial charge on any atom is -0.467 e. The Hall–Kier alpha value is -3.93. The summed E-state index contributed by atoms with van der Waals surface area (Å²) in [5.74, 6) is -1.20. The van der Waals surface area contributed by atoms with Gasteiger partial charge in [0, 0.05) is 11.9 Å². The number of fused-ring (bicyclic) bond motifs is 1. The average molecular weight is 586 g/mol. The molecule has 230 valence electrons. The standard InChI is InChI=1S/C30H43N5O7/c1-18(2)13-22(33-28(38)26-15-20-9-6-7-11-25(20)42-26)27(37)32-17-31-21-10-8-12-35(16-24(21)36)30(40)34-23(14-19(3)4)29(39)41-5/h6-7,9,11,15,18-19,21-23,31H,8,10,12-14,16-17H2,1-5H3,(H,32,37)(H,33,38)(H,34,40)/t21?,22-,23+/m0/s1. The van der Waals surface area contributed by atoms with Gasteiger partial charge in [0.1, 0.15) is 17.7 Å². The van der Waals surface area contributed by atoms with Crippen LogP contribution in [0.4, 0.5) is 4.79 Å². The van der Waals surface area contributed by atoms with Gasteiger partial charge in [-0.25, -0.2) is 9.59 Å². The lowest BCUT2D eigenvalue weighted by molar-refractivity contribution is -0.143. The first-order chi connectivity index (χ1) is 20.0. The van der Waals surface area contributed by atoms with E-state index in [1.165, 1.54) is 12.0 Å². The van der Waals surface area contributed by atoms with E-state index >= 15 is 0 Å². The van der Waals surface area contributed by atoms with Gasteiger partial charge in [-0.05, 0) is 49.7 Å². The minimum absolute atomic E-state index is 0.00927. The first-order valence-electron chi connectivity index (χ1n) is 14.4. The molecule has 12 heteroatoms. The third kappa shape index (κ3) is 9.30. The molecule has 4 N–H and O–H groups in total. The monoisotopic (exact) mass is 585 g/mol. The number of furan rings is 1. The van der Waals surface area contributed by atoms with E-state index < -0.39 is 36.0 Å². The number of benzene rings is 1. The summed E-state index contributed by atoms with van der Waals surface area (Å²) in [4.78, 5) is 65.2. The first-order valence-corrected chi connectivity index (χ1v) is 14.4. The summed E-state index contributed by atoms with van der Waals surface area (Å²) >= 11 is 0. The van der Waals surface area contributed by atoms with Crippen LogP contribution in [0.1, 0.15) is 63.9 Å². The fourth-order valence-corrected chi connectivity index (χ4v) is 4.89. The third-order valence-corrected chi connectivity index (χ3v) is 7.02. The zero-order chi connectivity index (χ0) is 30.8. The van der Waals surface area contributed by atoms with Crippen molar-refractivity contribution in [3.8, 4) is 0 Å². The summed E-state index contributed by atoms with van der Waals surface area (Å²) < 4.78 is 10.4. The first kappa shape index (κ1) is 32.6. The van der Waals surface area contributed by atoms with Gasteiger partial charge in [-0.15, -0.1) is 0 Å². The number of carbonyl (C=O) groups excluding carboxylic acids is 5. The van der Waals surface area contributed by atoms with Crippen molar-refractivity contribution in [1.29, 1.82) is 0 Å². The predicted octanol–water partition coefficient (Wildman–Crippen LogP) is 2.57. The van der Waals surface area contributed by atoms with Crippen LogP contribution in [0, 0.1) is 11.8 Å². The number of nitrogens with zero attached hydrogens (tertiary/aromatic N) is 1. The number of nitrogens with one attached hydrogen (secondary N) is 4. The van der Waals surface area contributed by atoms with Crippen molar-refractivity contribution in [2.75, 3.05) is 26.9 Å². The van der Waals surface area contributed by atoms with Crippen molar-refractivity contribution in [2.45, 2.75) is 71.5 Å². The normalized spacial score (nSPS) is 17.1. The molecule has 3 atom stereocenters. The van der Waals surface area contributed by atoms with Crippen LogP contribution in [-0.4, -0.2) is 79.5 Å². The van der Waals surface area contributed by atoms with Crippen LogP contribution in [0.15, 0.2) is 34.7 Å². The molecule has 1 aromatic heterocycles. The molecule has 1 unspecified atom stereocenters. The predicted molar refractivity (Wildman–Crippen MR) is 156 cm³/mol. The summed E-state index contributed by atoms with van der Waals surface area (Å²) in [6, 6.07) is 6.25. The van der Waals surface area contributed by atoms with E-state index in [4.69, 9.17) is 9.15 Å². The SMILES string of the molecule is COC(=O)[C@@H](CC(C)C)NC(=O)N1CCCC(NCNC(=O)[C@H](CC(C)C)NC(=O)c2cc3ccccc3o2)C(=O)C1. The zero-order valence-electron chi connectivity index (χ0n) is 25.0. The summed E-state index contributed by atoms with van der Waals surface area (Å²) in [5.41, 5.74) is 0.583. The maximum atomic E-state index is 13.0. The second kappa shape index (κ2) is 15.3. The lowest BCUT2D eigenvalue weighted by Gasteiger charge is -2.25. The Labute approximate surface area is 246 Å². The van der Waals surface area contributed by atoms with Crippen LogP contribution in [0.3, 0.4) is 0 Å². The molecule has 1 saturated heterocycles. The molecule has 1 aliphatic rings. The summed E-state index contributed by atoms with van der Waals surface area (Å²) in [6.45, 7) is 8.01. The molecular weight excluding hydrogens is 542 g/mol. The number of amides is 4. The fraction of sp³-hybridized carbons (Fsp3) is 0.567. The van der Waals surface area contributed by atoms with Crippen molar-refractivity contribution in [3.63, 3.8) is 0 Å². The van der Waals surface area contributed by atoms with Crippen molar-refractivity contribution in [3.05, 3.63) is 36.1 Å². The second-order valence-electron chi connectivity index (χ2n) is 11.5. The topological polar surface area (TPSA) is 159 Å². The van der Waals surface area contributed by atoms with E-state index in [-0.39, 0.29) is 42.5 Å². The van der Waals surface area contributed by atoms with Crippen LogP contribution in [0.5, 0.6) is 0 Å². The number of likely N-dealkylation sites (tertiary alicyclic amines) is 1. The number of Topliss-reactive ketones (excluding diaryl/α,β-unsaturated/α-hetero) is 1. The van der Waals surface area contributed by atoms with Crippen LogP contribution in [0.25, 0.3) is 11.0 Å². The summed E-state index contributed by atoms with van der Waals surface area (Å²) in [6.07, 6.45) is 1.86. The third-order valence-electron chi connectivity index (χ3n) is 7.02. The number of ether oxygens (including phenoxy) is 1. The molecule has 2 aromatic rings. The highest BCUT2D eigenvalue weighted by Crippen LogP contribution is 2.19. The number of urea groups is 1. The van der Waals surface area contributed by atoms with Gasteiger partial charge in [-0.1, -0.05) is 45.9 Å². The molecule has 0 aliphatic carbocycles. The summed E-state index contributed by atoms with van der Waals surface area (Å²) in [5, 5.41) is 12.1. The molecule has 0 spiro atoms. The highest BCUT2D eigenvalue weighted by Gasteiger charge is 2.30. The van der Waals surface area contributed by atoms with E-state index in [1.54, 1.807) is 12.1 Å². The Morgan fingerprint density at radius 1 is 1.02 bits per heavy atom. The zero-order valence-corrected chi connectivity index (χ0v) is 25.0. The minimum atomic E-state index is -0.801. The highest BCUT2D eigenvalue weighted by molar-refractivity contribution is 5.98. The van der Waals surface area contributed by atoms with Gasteiger partial charge in [0.05, 0.1) is 26.4 Å². The summed E-state index contributed by atoms with van der Waals surface area (Å²) in [7, 11) is 1.27. The van der Waals surface area contributed by atoms with Crippen LogP contribution < -0.4 is 21.3 Å². The van der Waals surface area contributed by atoms with E-state index in [0.717, 1.165) is 5.39 Å². The molecule has 2 heterocycles. The Bertz CT molecular complexity index is 1220. The van der Waals surface area contributed by atoms with Gasteiger partial charge >= 0.3 is 12.0 Å². The van der Waals surface area contributed by atoms with Crippen molar-refractivity contribution in [2.24, 2.45) is 11.8 Å². The number of rotatable bonds is 12. The van der Waals surface area contributed by atoms with E-state index in [9.17, 15) is 24.0 Å². The molecule has 42 heavy (non-hydrogen) atoms. The molecule has 4 amide bonds. The number of methoxy groups -OCH3 is 1. The molecular formula is C30H43N5O7. The lowest BCUT2D eigenvalue weighted by atomic mass is 10.0. The van der Waals surface area contributed by atoms with Crippen LogP contribution in [0.2, 0.25) is 0 Å². The molecule has 1 fully saturated rings. The Morgan fingerprint density at radius 2 is 1.71 bits per heavy atom. The van der Waals surface area contributed by atoms with Crippen molar-refractivity contribution in [1.82, 2.24) is 26.2 Å². The van der Waals surface area contributed by atoms with Crippen molar-refractivity contribution < 1.29 is 33.1 Å². The van der Waals surface area contributed by atoms with E-state index in [0.29, 0.717) is 37.8 Å². The quantitative estimate of drug-likeness (QED) is 0.219. The fourth-order valence-electron chi connectivity index (χ4n) is 4.89. The number of para-hydroxylation sites is 1. The highest BCUT2D eigenvalue weighted by atomic mass is 16.5. The second-order valence-corrected chi connectivity index (χ2v) is 11.5. The molecule has 0 bridgehead atoms. The molecule has 1 aliphatic heterocycles. The molecule has 12 nitrogen and oxygen atoms in total. The van der Waals surface area contributed by atoms with E-state index in [1.807, 2.05) is 45.9 Å². The maximum absolute atomic E-state index is 13.0. The smallest absolute Gasteiger partial charge is 0.328 e. The van der Waals surface area contributed by atoms with Gasteiger partial charge < -0.3 is 30.0 Å². The van der Waals surface area contributed by atoms with Gasteiger partial charge in [0.2, 0.25) is 5.91 Å². The molecule has 1 aromatic carbocycles. The Kier molecular flexibility index (Phi) is 11.9. The number of hydrogen-bond acceptors (Lipinski definition) is 8. The Morgan fingerprint density at radius 3 is 2.38 bits per heavy atom. The van der Waals surface area contributed by atoms with Crippen molar-refractivity contribution >= 4 is 40.6 Å². The van der Waals surface area contributed by atoms with Gasteiger partial charge in [0.15, 0.2) is 11.5 Å². The Balaban J connectivity index is 1.52. The number of carbonyl (C=O) groups is 5.